The van der Waals surface area contributed by atoms with Crippen molar-refractivity contribution < 1.29 is 13.4 Å². The maximum Gasteiger partial charge on any atom is 0.192 e. The lowest BCUT2D eigenvalue weighted by Gasteiger charge is -2.47. The Kier molecular flexibility index (Phi) is 11.0. The molecule has 1 aromatic carbocycles. The van der Waals surface area contributed by atoms with Crippen LogP contribution < -0.4 is 5.14 Å². The Labute approximate surface area is 305 Å². The standard InChI is InChI=1S/C39H59N5O3SSi2/c1-37(2,3)49(9,10)46-26-30-15-13-18-36(42-30)44-35-23-27(19-20-28(35)25-41-44)33-16-14-17-34(43-33)32(24-39(7,8)48(40)45)29-21-31(22-29)47-50(11,12)38(4,5)6/h13-20,23,25,29,31-32H,21-22,24,26,40H2,1-12H3/t29-,31-,32?,48-/m1/s1. The molecule has 1 aliphatic carbocycles. The average molecular weight is 734 g/mol. The SMILES string of the molecule is CC(C)(CC(c1cccc(-c2ccc3cnn(-c4cccc(CO[Si](C)(C)C(C)(C)C)n4)c3c2)n1)[C@H]1C[C@H](O[Si](C)(C)C(C)(C)C)C1)[S@+](N)[O-]. The van der Waals surface area contributed by atoms with Crippen molar-refractivity contribution in [2.75, 3.05) is 0 Å². The number of aromatic nitrogens is 4. The van der Waals surface area contributed by atoms with Crippen LogP contribution in [-0.2, 0) is 26.8 Å². The van der Waals surface area contributed by atoms with Crippen LogP contribution in [-0.4, -0.2) is 51.8 Å². The number of nitrogens with two attached hydrogens (primary N) is 1. The van der Waals surface area contributed by atoms with Crippen molar-refractivity contribution in [1.29, 1.82) is 0 Å². The molecule has 50 heavy (non-hydrogen) atoms. The maximum atomic E-state index is 12.6. The molecule has 0 radical (unpaired) electrons. The molecule has 0 spiro atoms. The van der Waals surface area contributed by atoms with Crippen LogP contribution >= 0.6 is 0 Å². The number of pyridine rings is 2. The average Bonchev–Trinajstić information content (AvgIpc) is 3.43. The minimum Gasteiger partial charge on any atom is -0.598 e. The quantitative estimate of drug-likeness (QED) is 0.114. The van der Waals surface area contributed by atoms with Gasteiger partial charge in [0.1, 0.15) is 4.75 Å². The minimum atomic E-state index is -1.91. The van der Waals surface area contributed by atoms with Crippen LogP contribution in [0.5, 0.6) is 0 Å². The molecule has 272 valence electrons. The van der Waals surface area contributed by atoms with Crippen LogP contribution in [0.1, 0.15) is 92.0 Å². The first-order valence-corrected chi connectivity index (χ1v) is 25.0. The summed E-state index contributed by atoms with van der Waals surface area (Å²) < 4.78 is 27.2. The molecule has 11 heteroatoms. The Hall–Kier alpha value is -2.39. The van der Waals surface area contributed by atoms with E-state index < -0.39 is 32.7 Å². The highest BCUT2D eigenvalue weighted by atomic mass is 32.2. The van der Waals surface area contributed by atoms with Crippen molar-refractivity contribution in [2.24, 2.45) is 11.1 Å². The Morgan fingerprint density at radius 1 is 0.900 bits per heavy atom. The zero-order valence-electron chi connectivity index (χ0n) is 32.3. The zero-order chi connectivity index (χ0) is 36.9. The van der Waals surface area contributed by atoms with E-state index in [9.17, 15) is 4.55 Å². The number of nitrogens with zero attached hydrogens (tertiary/aromatic N) is 4. The fraction of sp³-hybridized carbons (Fsp3) is 0.564. The van der Waals surface area contributed by atoms with Gasteiger partial charge in [0.2, 0.25) is 0 Å². The summed E-state index contributed by atoms with van der Waals surface area (Å²) in [6.07, 6.45) is 4.79. The number of fused-ring (bicyclic) bond motifs is 1. The van der Waals surface area contributed by atoms with E-state index in [4.69, 9.17) is 29.1 Å². The smallest absolute Gasteiger partial charge is 0.192 e. The molecule has 3 aromatic heterocycles. The van der Waals surface area contributed by atoms with Gasteiger partial charge in [0.05, 0.1) is 29.7 Å². The first-order chi connectivity index (χ1) is 23.1. The van der Waals surface area contributed by atoms with Crippen LogP contribution in [0.4, 0.5) is 0 Å². The van der Waals surface area contributed by atoms with E-state index in [1.54, 1.807) is 0 Å². The molecule has 0 saturated heterocycles. The molecule has 0 bridgehead atoms. The second kappa shape index (κ2) is 14.2. The third-order valence-corrected chi connectivity index (χ3v) is 21.9. The molecule has 1 saturated carbocycles. The fourth-order valence-corrected chi connectivity index (χ4v) is 8.73. The fourth-order valence-electron chi connectivity index (χ4n) is 6.06. The molecule has 1 fully saturated rings. The highest BCUT2D eigenvalue weighted by Crippen LogP contribution is 2.48. The highest BCUT2D eigenvalue weighted by molar-refractivity contribution is 7.90. The van der Waals surface area contributed by atoms with Crippen LogP contribution in [0, 0.1) is 5.92 Å². The van der Waals surface area contributed by atoms with Gasteiger partial charge in [-0.25, -0.2) is 9.67 Å². The van der Waals surface area contributed by atoms with Gasteiger partial charge in [-0.3, -0.25) is 4.98 Å². The van der Waals surface area contributed by atoms with Crippen molar-refractivity contribution >= 4 is 38.9 Å². The summed E-state index contributed by atoms with van der Waals surface area (Å²) in [7, 11) is -3.78. The van der Waals surface area contributed by atoms with Gasteiger partial charge < -0.3 is 13.4 Å². The van der Waals surface area contributed by atoms with Crippen molar-refractivity contribution in [3.8, 4) is 17.1 Å². The highest BCUT2D eigenvalue weighted by Gasteiger charge is 2.46. The summed E-state index contributed by atoms with van der Waals surface area (Å²) >= 11 is -1.46. The Morgan fingerprint density at radius 2 is 1.56 bits per heavy atom. The predicted molar refractivity (Wildman–Crippen MR) is 213 cm³/mol. The van der Waals surface area contributed by atoms with Gasteiger partial charge in [0.15, 0.2) is 22.5 Å². The molecule has 2 N–H and O–H groups in total. The molecule has 4 aromatic rings. The molecule has 0 aliphatic heterocycles. The zero-order valence-corrected chi connectivity index (χ0v) is 35.1. The van der Waals surface area contributed by atoms with Crippen molar-refractivity contribution in [3.05, 3.63) is 72.2 Å². The van der Waals surface area contributed by atoms with Gasteiger partial charge in [-0.1, -0.05) is 65.8 Å². The lowest BCUT2D eigenvalue weighted by atomic mass is 9.69. The van der Waals surface area contributed by atoms with E-state index in [0.717, 1.165) is 52.2 Å². The van der Waals surface area contributed by atoms with Crippen molar-refractivity contribution in [1.82, 2.24) is 19.7 Å². The second-order valence-corrected chi connectivity index (χ2v) is 29.2. The van der Waals surface area contributed by atoms with E-state index in [-0.39, 0.29) is 22.1 Å². The molecule has 8 nitrogen and oxygen atoms in total. The number of hydrogen-bond acceptors (Lipinski definition) is 7. The summed E-state index contributed by atoms with van der Waals surface area (Å²) in [6, 6.07) is 18.7. The number of benzene rings is 1. The Bertz CT molecular complexity index is 1790. The third-order valence-electron chi connectivity index (χ3n) is 11.6. The normalized spacial score (nSPS) is 19.0. The van der Waals surface area contributed by atoms with Gasteiger partial charge in [0.25, 0.3) is 0 Å². The van der Waals surface area contributed by atoms with E-state index in [0.29, 0.717) is 18.9 Å². The van der Waals surface area contributed by atoms with Gasteiger partial charge in [-0.2, -0.15) is 10.2 Å². The third kappa shape index (κ3) is 8.46. The minimum absolute atomic E-state index is 0.117. The van der Waals surface area contributed by atoms with Gasteiger partial charge >= 0.3 is 0 Å². The van der Waals surface area contributed by atoms with Crippen LogP contribution in [0.15, 0.2) is 60.8 Å². The Morgan fingerprint density at radius 3 is 2.20 bits per heavy atom. The van der Waals surface area contributed by atoms with E-state index >= 15 is 0 Å². The van der Waals surface area contributed by atoms with Crippen LogP contribution in [0.3, 0.4) is 0 Å². The van der Waals surface area contributed by atoms with E-state index in [2.05, 4.69) is 104 Å². The van der Waals surface area contributed by atoms with Gasteiger partial charge in [-0.15, -0.1) is 0 Å². The topological polar surface area (TPSA) is 111 Å². The van der Waals surface area contributed by atoms with Crippen LogP contribution in [0.25, 0.3) is 28.0 Å². The monoisotopic (exact) mass is 733 g/mol. The second-order valence-electron chi connectivity index (χ2n) is 17.9. The molecular weight excluding hydrogens is 675 g/mol. The molecule has 1 aliphatic rings. The number of rotatable bonds is 12. The van der Waals surface area contributed by atoms with E-state index in [1.165, 1.54) is 0 Å². The number of hydrogen-bond donors (Lipinski definition) is 1. The van der Waals surface area contributed by atoms with Crippen molar-refractivity contribution in [2.45, 2.75) is 134 Å². The van der Waals surface area contributed by atoms with E-state index in [1.807, 2.05) is 42.9 Å². The van der Waals surface area contributed by atoms with Crippen molar-refractivity contribution in [3.63, 3.8) is 0 Å². The summed E-state index contributed by atoms with van der Waals surface area (Å²) in [5, 5.41) is 12.1. The van der Waals surface area contributed by atoms with Gasteiger partial charge in [-0.05, 0) is 99.2 Å². The summed E-state index contributed by atoms with van der Waals surface area (Å²) in [6.45, 7) is 27.3. The lowest BCUT2D eigenvalue weighted by Crippen LogP contribution is -2.49. The largest absolute Gasteiger partial charge is 0.598 e. The summed E-state index contributed by atoms with van der Waals surface area (Å²) in [4.78, 5) is 10.2. The molecule has 5 rings (SSSR count). The summed E-state index contributed by atoms with van der Waals surface area (Å²) in [5.74, 6) is 1.26. The maximum absolute atomic E-state index is 12.6. The summed E-state index contributed by atoms with van der Waals surface area (Å²) in [5.41, 5.74) is 4.77. The molecule has 2 atom stereocenters. The lowest BCUT2D eigenvalue weighted by molar-refractivity contribution is 0.0356. The predicted octanol–water partition coefficient (Wildman–Crippen LogP) is 9.68. The molecule has 0 amide bonds. The van der Waals surface area contributed by atoms with Crippen LogP contribution in [0.2, 0.25) is 36.3 Å². The first-order valence-electron chi connectivity index (χ1n) is 18.0. The Balaban J connectivity index is 1.42. The molecule has 1 unspecified atom stereocenters. The van der Waals surface area contributed by atoms with Gasteiger partial charge in [0, 0.05) is 46.4 Å². The molecular formula is C39H59N5O3SSi2. The molecule has 3 heterocycles. The first kappa shape index (κ1) is 38.8.